The second kappa shape index (κ2) is 7.46. The molecule has 2 aromatic rings. The van der Waals surface area contributed by atoms with Gasteiger partial charge in [-0.1, -0.05) is 0 Å². The van der Waals surface area contributed by atoms with Gasteiger partial charge in [0.25, 0.3) is 5.56 Å². The molecule has 1 aliphatic rings. The summed E-state index contributed by atoms with van der Waals surface area (Å²) < 4.78 is 13.1. The van der Waals surface area contributed by atoms with E-state index in [1.807, 2.05) is 0 Å². The van der Waals surface area contributed by atoms with Crippen molar-refractivity contribution in [1.29, 1.82) is 0 Å². The SMILES string of the molecule is Cc1ncc(CC(=O)N2CCCN(c3ccc(F)cc3)CC2)c(=O)[nH]1. The van der Waals surface area contributed by atoms with Crippen LogP contribution in [0.4, 0.5) is 10.1 Å². The number of H-pyrrole nitrogens is 1. The maximum absolute atomic E-state index is 13.1. The normalized spacial score (nSPS) is 15.1. The quantitative estimate of drug-likeness (QED) is 0.916. The van der Waals surface area contributed by atoms with Crippen LogP contribution in [-0.4, -0.2) is 47.0 Å². The minimum Gasteiger partial charge on any atom is -0.370 e. The largest absolute Gasteiger partial charge is 0.370 e. The van der Waals surface area contributed by atoms with Crippen LogP contribution < -0.4 is 10.5 Å². The molecule has 0 saturated carbocycles. The number of carbonyl (C=O) groups excluding carboxylic acids is 1. The molecule has 1 aliphatic heterocycles. The molecule has 7 heteroatoms. The van der Waals surface area contributed by atoms with Gasteiger partial charge in [0.1, 0.15) is 11.6 Å². The maximum atomic E-state index is 13.1. The average Bonchev–Trinajstić information content (AvgIpc) is 2.84. The van der Waals surface area contributed by atoms with Crippen LogP contribution in [-0.2, 0) is 11.2 Å². The van der Waals surface area contributed by atoms with E-state index in [1.165, 1.54) is 18.3 Å². The lowest BCUT2D eigenvalue weighted by Crippen LogP contribution is -2.37. The molecule has 1 saturated heterocycles. The number of hydrogen-bond donors (Lipinski definition) is 1. The molecule has 132 valence electrons. The molecule has 1 aromatic carbocycles. The van der Waals surface area contributed by atoms with Gasteiger partial charge in [-0.3, -0.25) is 9.59 Å². The van der Waals surface area contributed by atoms with E-state index in [4.69, 9.17) is 0 Å². The summed E-state index contributed by atoms with van der Waals surface area (Å²) in [4.78, 5) is 35.0. The third-order valence-electron chi connectivity index (χ3n) is 4.38. The Kier molecular flexibility index (Phi) is 5.11. The van der Waals surface area contributed by atoms with E-state index >= 15 is 0 Å². The molecule has 0 aliphatic carbocycles. The van der Waals surface area contributed by atoms with Crippen LogP contribution in [0.25, 0.3) is 0 Å². The van der Waals surface area contributed by atoms with E-state index in [0.29, 0.717) is 31.0 Å². The number of hydrogen-bond acceptors (Lipinski definition) is 4. The number of aromatic nitrogens is 2. The second-order valence-electron chi connectivity index (χ2n) is 6.20. The predicted molar refractivity (Wildman–Crippen MR) is 93.1 cm³/mol. The van der Waals surface area contributed by atoms with Crippen molar-refractivity contribution in [3.63, 3.8) is 0 Å². The van der Waals surface area contributed by atoms with Crippen molar-refractivity contribution >= 4 is 11.6 Å². The van der Waals surface area contributed by atoms with Crippen molar-refractivity contribution in [3.8, 4) is 0 Å². The fourth-order valence-corrected chi connectivity index (χ4v) is 2.99. The van der Waals surface area contributed by atoms with E-state index in [-0.39, 0.29) is 23.7 Å². The third-order valence-corrected chi connectivity index (χ3v) is 4.38. The van der Waals surface area contributed by atoms with Gasteiger partial charge < -0.3 is 14.8 Å². The fraction of sp³-hybridized carbons (Fsp3) is 0.389. The van der Waals surface area contributed by atoms with Gasteiger partial charge >= 0.3 is 0 Å². The fourth-order valence-electron chi connectivity index (χ4n) is 2.99. The van der Waals surface area contributed by atoms with E-state index < -0.39 is 0 Å². The highest BCUT2D eigenvalue weighted by atomic mass is 19.1. The lowest BCUT2D eigenvalue weighted by Gasteiger charge is -2.23. The smallest absolute Gasteiger partial charge is 0.254 e. The molecule has 0 atom stereocenters. The highest BCUT2D eigenvalue weighted by Gasteiger charge is 2.20. The van der Waals surface area contributed by atoms with Crippen LogP contribution in [0, 0.1) is 12.7 Å². The van der Waals surface area contributed by atoms with Gasteiger partial charge in [-0.05, 0) is 37.6 Å². The lowest BCUT2D eigenvalue weighted by molar-refractivity contribution is -0.130. The van der Waals surface area contributed by atoms with E-state index in [9.17, 15) is 14.0 Å². The number of aryl methyl sites for hydroxylation is 1. The molecule has 0 spiro atoms. The average molecular weight is 344 g/mol. The second-order valence-corrected chi connectivity index (χ2v) is 6.20. The van der Waals surface area contributed by atoms with Crippen LogP contribution in [0.2, 0.25) is 0 Å². The Hall–Kier alpha value is -2.70. The van der Waals surface area contributed by atoms with Gasteiger partial charge in [-0.25, -0.2) is 9.37 Å². The van der Waals surface area contributed by atoms with Crippen LogP contribution >= 0.6 is 0 Å². The number of halogens is 1. The number of nitrogens with zero attached hydrogens (tertiary/aromatic N) is 3. The van der Waals surface area contributed by atoms with Crippen molar-refractivity contribution in [2.45, 2.75) is 19.8 Å². The summed E-state index contributed by atoms with van der Waals surface area (Å²) in [6, 6.07) is 6.40. The van der Waals surface area contributed by atoms with Crippen molar-refractivity contribution in [3.05, 3.63) is 58.0 Å². The van der Waals surface area contributed by atoms with Gasteiger partial charge in [0.15, 0.2) is 0 Å². The first-order valence-corrected chi connectivity index (χ1v) is 8.36. The van der Waals surface area contributed by atoms with Crippen LogP contribution in [0.3, 0.4) is 0 Å². The Morgan fingerprint density at radius 3 is 2.68 bits per heavy atom. The van der Waals surface area contributed by atoms with Crippen LogP contribution in [0.5, 0.6) is 0 Å². The number of amides is 1. The first-order valence-electron chi connectivity index (χ1n) is 8.36. The van der Waals surface area contributed by atoms with Crippen LogP contribution in [0.15, 0.2) is 35.3 Å². The third kappa shape index (κ3) is 4.23. The highest BCUT2D eigenvalue weighted by Crippen LogP contribution is 2.17. The Morgan fingerprint density at radius 2 is 1.96 bits per heavy atom. The molecule has 2 heterocycles. The monoisotopic (exact) mass is 344 g/mol. The Balaban J connectivity index is 1.63. The minimum absolute atomic E-state index is 0.0547. The van der Waals surface area contributed by atoms with Gasteiger partial charge in [0.05, 0.1) is 6.42 Å². The molecule has 1 N–H and O–H groups in total. The van der Waals surface area contributed by atoms with Gasteiger partial charge in [0.2, 0.25) is 5.91 Å². The van der Waals surface area contributed by atoms with E-state index in [1.54, 1.807) is 24.0 Å². The van der Waals surface area contributed by atoms with Gasteiger partial charge in [0, 0.05) is 43.6 Å². The number of anilines is 1. The zero-order valence-electron chi connectivity index (χ0n) is 14.2. The highest BCUT2D eigenvalue weighted by molar-refractivity contribution is 5.78. The molecule has 1 fully saturated rings. The summed E-state index contributed by atoms with van der Waals surface area (Å²) in [5.41, 5.74) is 1.08. The first-order chi connectivity index (χ1) is 12.0. The molecule has 3 rings (SSSR count). The summed E-state index contributed by atoms with van der Waals surface area (Å²) in [6.07, 6.45) is 2.35. The van der Waals surface area contributed by atoms with Gasteiger partial charge in [-0.15, -0.1) is 0 Å². The molecule has 1 amide bonds. The number of carbonyl (C=O) groups is 1. The first kappa shape index (κ1) is 17.1. The van der Waals surface area contributed by atoms with Crippen molar-refractivity contribution in [2.75, 3.05) is 31.1 Å². The van der Waals surface area contributed by atoms with E-state index in [2.05, 4.69) is 14.9 Å². The van der Waals surface area contributed by atoms with E-state index in [0.717, 1.165) is 18.7 Å². The Labute approximate surface area is 145 Å². The summed E-state index contributed by atoms with van der Waals surface area (Å²) in [7, 11) is 0. The van der Waals surface area contributed by atoms with Crippen LogP contribution in [0.1, 0.15) is 17.8 Å². The zero-order valence-corrected chi connectivity index (χ0v) is 14.2. The summed E-state index contributed by atoms with van der Waals surface area (Å²) in [6.45, 7) is 4.41. The molecule has 6 nitrogen and oxygen atoms in total. The summed E-state index contributed by atoms with van der Waals surface area (Å²) >= 11 is 0. The molecule has 0 radical (unpaired) electrons. The Morgan fingerprint density at radius 1 is 1.20 bits per heavy atom. The summed E-state index contributed by atoms with van der Waals surface area (Å²) in [5, 5.41) is 0. The Bertz CT molecular complexity index is 803. The molecule has 25 heavy (non-hydrogen) atoms. The topological polar surface area (TPSA) is 69.3 Å². The standard InChI is InChI=1S/C18H21FN4O2/c1-13-20-12-14(18(25)21-13)11-17(24)23-8-2-7-22(9-10-23)16-5-3-15(19)4-6-16/h3-6,12H,2,7-11H2,1H3,(H,20,21,25). The van der Waals surface area contributed by atoms with Crippen molar-refractivity contribution in [2.24, 2.45) is 0 Å². The van der Waals surface area contributed by atoms with Crippen molar-refractivity contribution < 1.29 is 9.18 Å². The molecule has 0 unspecified atom stereocenters. The minimum atomic E-state index is -0.261. The van der Waals surface area contributed by atoms with Crippen molar-refractivity contribution in [1.82, 2.24) is 14.9 Å². The predicted octanol–water partition coefficient (Wildman–Crippen LogP) is 1.50. The molecular weight excluding hydrogens is 323 g/mol. The summed E-state index contributed by atoms with van der Waals surface area (Å²) in [5.74, 6) is 0.204. The number of aromatic amines is 1. The number of benzene rings is 1. The zero-order chi connectivity index (χ0) is 17.8. The molecule has 1 aromatic heterocycles. The molecule has 0 bridgehead atoms. The van der Waals surface area contributed by atoms with Gasteiger partial charge in [-0.2, -0.15) is 0 Å². The lowest BCUT2D eigenvalue weighted by atomic mass is 10.2. The maximum Gasteiger partial charge on any atom is 0.254 e. The molecular formula is C18H21FN4O2. The number of rotatable bonds is 3. The number of nitrogens with one attached hydrogen (secondary N) is 1.